The summed E-state index contributed by atoms with van der Waals surface area (Å²) >= 11 is 0. The predicted octanol–water partition coefficient (Wildman–Crippen LogP) is 3.65. The molecule has 3 heteroatoms. The highest BCUT2D eigenvalue weighted by Crippen LogP contribution is 2.33. The number of rotatable bonds is 6. The third kappa shape index (κ3) is 3.42. The average Bonchev–Trinajstić information content (AvgIpc) is 2.94. The van der Waals surface area contributed by atoms with Crippen LogP contribution in [0.2, 0.25) is 0 Å². The normalized spacial score (nSPS) is 16.7. The van der Waals surface area contributed by atoms with Crippen molar-refractivity contribution in [3.63, 3.8) is 0 Å². The molecule has 21 heavy (non-hydrogen) atoms. The van der Waals surface area contributed by atoms with Gasteiger partial charge in [0.15, 0.2) is 0 Å². The van der Waals surface area contributed by atoms with Gasteiger partial charge >= 0.3 is 0 Å². The molecule has 0 saturated carbocycles. The lowest BCUT2D eigenvalue weighted by Gasteiger charge is -2.14. The number of nitrogens with one attached hydrogen (secondary N) is 1. The summed E-state index contributed by atoms with van der Waals surface area (Å²) in [5.41, 5.74) is 3.96. The van der Waals surface area contributed by atoms with Crippen LogP contribution in [0.15, 0.2) is 42.7 Å². The van der Waals surface area contributed by atoms with Gasteiger partial charge in [-0.3, -0.25) is 4.98 Å². The number of benzene rings is 1. The van der Waals surface area contributed by atoms with Crippen molar-refractivity contribution in [3.05, 3.63) is 59.4 Å². The first-order chi connectivity index (χ1) is 10.4. The molecule has 3 rings (SSSR count). The molecule has 1 N–H and O–H groups in total. The van der Waals surface area contributed by atoms with E-state index in [1.54, 1.807) is 6.20 Å². The first-order valence-electron chi connectivity index (χ1n) is 7.74. The summed E-state index contributed by atoms with van der Waals surface area (Å²) in [4.78, 5) is 4.10. The molecule has 3 nitrogen and oxygen atoms in total. The number of aryl methyl sites for hydroxylation is 1. The van der Waals surface area contributed by atoms with E-state index in [-0.39, 0.29) is 0 Å². The smallest absolute Gasteiger partial charge is 0.120 e. The van der Waals surface area contributed by atoms with E-state index in [4.69, 9.17) is 4.74 Å². The van der Waals surface area contributed by atoms with Gasteiger partial charge in [-0.05, 0) is 55.1 Å². The SMILES string of the molecule is CCCNC1CCc2cc(OCc3cccnc3)ccc21. The summed E-state index contributed by atoms with van der Waals surface area (Å²) in [6, 6.07) is 11.0. The van der Waals surface area contributed by atoms with Crippen LogP contribution in [0, 0.1) is 0 Å². The minimum Gasteiger partial charge on any atom is -0.489 e. The van der Waals surface area contributed by atoms with Crippen LogP contribution in [0.1, 0.15) is 42.5 Å². The van der Waals surface area contributed by atoms with Gasteiger partial charge in [-0.2, -0.15) is 0 Å². The average molecular weight is 282 g/mol. The molecule has 0 fully saturated rings. The molecule has 1 unspecified atom stereocenters. The maximum absolute atomic E-state index is 5.87. The van der Waals surface area contributed by atoms with Crippen LogP contribution in [0.25, 0.3) is 0 Å². The maximum Gasteiger partial charge on any atom is 0.120 e. The minimum absolute atomic E-state index is 0.521. The van der Waals surface area contributed by atoms with E-state index < -0.39 is 0 Å². The lowest BCUT2D eigenvalue weighted by atomic mass is 10.1. The Kier molecular flexibility index (Phi) is 4.51. The number of hydrogen-bond donors (Lipinski definition) is 1. The Balaban J connectivity index is 1.64. The highest BCUT2D eigenvalue weighted by atomic mass is 16.5. The van der Waals surface area contributed by atoms with E-state index in [2.05, 4.69) is 35.4 Å². The van der Waals surface area contributed by atoms with Gasteiger partial charge in [-0.1, -0.05) is 19.1 Å². The summed E-state index contributed by atoms with van der Waals surface area (Å²) in [7, 11) is 0. The number of ether oxygens (including phenoxy) is 1. The van der Waals surface area contributed by atoms with Gasteiger partial charge in [0.2, 0.25) is 0 Å². The molecule has 0 aliphatic heterocycles. The Hall–Kier alpha value is -1.87. The Morgan fingerprint density at radius 3 is 3.10 bits per heavy atom. The molecule has 0 radical (unpaired) electrons. The first-order valence-corrected chi connectivity index (χ1v) is 7.74. The monoisotopic (exact) mass is 282 g/mol. The molecule has 110 valence electrons. The molecule has 1 aromatic heterocycles. The van der Waals surface area contributed by atoms with Crippen LogP contribution in [0.4, 0.5) is 0 Å². The molecule has 0 spiro atoms. The van der Waals surface area contributed by atoms with E-state index in [1.807, 2.05) is 18.3 Å². The number of hydrogen-bond acceptors (Lipinski definition) is 3. The Morgan fingerprint density at radius 2 is 2.29 bits per heavy atom. The summed E-state index contributed by atoms with van der Waals surface area (Å²) < 4.78 is 5.87. The second kappa shape index (κ2) is 6.72. The molecule has 0 amide bonds. The molecule has 0 saturated heterocycles. The van der Waals surface area contributed by atoms with Gasteiger partial charge in [-0.15, -0.1) is 0 Å². The lowest BCUT2D eigenvalue weighted by Crippen LogP contribution is -2.19. The van der Waals surface area contributed by atoms with Crippen LogP contribution in [-0.2, 0) is 13.0 Å². The zero-order valence-corrected chi connectivity index (χ0v) is 12.5. The Bertz CT molecular complexity index is 583. The second-order valence-electron chi connectivity index (χ2n) is 5.56. The summed E-state index contributed by atoms with van der Waals surface area (Å²) in [5.74, 6) is 0.953. The summed E-state index contributed by atoms with van der Waals surface area (Å²) in [5, 5.41) is 3.62. The van der Waals surface area contributed by atoms with Crippen molar-refractivity contribution in [3.8, 4) is 5.75 Å². The number of nitrogens with zero attached hydrogens (tertiary/aromatic N) is 1. The highest BCUT2D eigenvalue weighted by Gasteiger charge is 2.21. The van der Waals surface area contributed by atoms with Gasteiger partial charge in [0.1, 0.15) is 12.4 Å². The largest absolute Gasteiger partial charge is 0.489 e. The van der Waals surface area contributed by atoms with Crippen molar-refractivity contribution < 1.29 is 4.74 Å². The van der Waals surface area contributed by atoms with Crippen LogP contribution in [0.3, 0.4) is 0 Å². The Morgan fingerprint density at radius 1 is 1.33 bits per heavy atom. The molecule has 1 aliphatic carbocycles. The van der Waals surface area contributed by atoms with Crippen molar-refractivity contribution in [1.29, 1.82) is 0 Å². The third-order valence-corrected chi connectivity index (χ3v) is 3.96. The molecule has 1 aliphatic rings. The van der Waals surface area contributed by atoms with E-state index in [0.29, 0.717) is 12.6 Å². The van der Waals surface area contributed by atoms with Crippen molar-refractivity contribution >= 4 is 0 Å². The Labute approximate surface area is 126 Å². The second-order valence-corrected chi connectivity index (χ2v) is 5.56. The molecule has 0 bridgehead atoms. The summed E-state index contributed by atoms with van der Waals surface area (Å²) in [6.45, 7) is 3.87. The fourth-order valence-corrected chi connectivity index (χ4v) is 2.86. The van der Waals surface area contributed by atoms with Crippen LogP contribution in [-0.4, -0.2) is 11.5 Å². The van der Waals surface area contributed by atoms with Crippen LogP contribution in [0.5, 0.6) is 5.75 Å². The molecular weight excluding hydrogens is 260 g/mol. The molecule has 2 aromatic rings. The zero-order valence-electron chi connectivity index (χ0n) is 12.5. The van der Waals surface area contributed by atoms with Gasteiger partial charge in [-0.25, -0.2) is 0 Å². The van der Waals surface area contributed by atoms with Gasteiger partial charge in [0.25, 0.3) is 0 Å². The van der Waals surface area contributed by atoms with Crippen LogP contribution >= 0.6 is 0 Å². The molecule has 1 atom stereocenters. The number of pyridine rings is 1. The standard InChI is InChI=1S/C18H22N2O/c1-2-9-20-18-8-5-15-11-16(6-7-17(15)18)21-13-14-4-3-10-19-12-14/h3-4,6-7,10-12,18,20H,2,5,8-9,13H2,1H3. The molecule has 1 aromatic carbocycles. The summed E-state index contributed by atoms with van der Waals surface area (Å²) in [6.07, 6.45) is 7.14. The van der Waals surface area contributed by atoms with Gasteiger partial charge in [0.05, 0.1) is 0 Å². The first kappa shape index (κ1) is 14.1. The van der Waals surface area contributed by atoms with E-state index in [9.17, 15) is 0 Å². The zero-order chi connectivity index (χ0) is 14.5. The van der Waals surface area contributed by atoms with Crippen LogP contribution < -0.4 is 10.1 Å². The quantitative estimate of drug-likeness (QED) is 0.878. The van der Waals surface area contributed by atoms with Crippen molar-refractivity contribution in [2.75, 3.05) is 6.54 Å². The van der Waals surface area contributed by atoms with Crippen molar-refractivity contribution in [2.45, 2.75) is 38.8 Å². The van der Waals surface area contributed by atoms with Gasteiger partial charge in [0, 0.05) is 24.0 Å². The maximum atomic E-state index is 5.87. The van der Waals surface area contributed by atoms with Crippen molar-refractivity contribution in [1.82, 2.24) is 10.3 Å². The lowest BCUT2D eigenvalue weighted by molar-refractivity contribution is 0.305. The molecule has 1 heterocycles. The van der Waals surface area contributed by atoms with Crippen molar-refractivity contribution in [2.24, 2.45) is 0 Å². The minimum atomic E-state index is 0.521. The fourth-order valence-electron chi connectivity index (χ4n) is 2.86. The topological polar surface area (TPSA) is 34.1 Å². The van der Waals surface area contributed by atoms with E-state index >= 15 is 0 Å². The predicted molar refractivity (Wildman–Crippen MR) is 84.4 cm³/mol. The van der Waals surface area contributed by atoms with E-state index in [1.165, 1.54) is 24.0 Å². The number of fused-ring (bicyclic) bond motifs is 1. The molecular formula is C18H22N2O. The van der Waals surface area contributed by atoms with Gasteiger partial charge < -0.3 is 10.1 Å². The fraction of sp³-hybridized carbons (Fsp3) is 0.389. The third-order valence-electron chi connectivity index (χ3n) is 3.96. The number of aromatic nitrogens is 1. The van der Waals surface area contributed by atoms with E-state index in [0.717, 1.165) is 24.3 Å². The highest BCUT2D eigenvalue weighted by molar-refractivity contribution is 5.40.